The zero-order valence-corrected chi connectivity index (χ0v) is 9.47. The van der Waals surface area contributed by atoms with Gasteiger partial charge in [-0.2, -0.15) is 0 Å². The van der Waals surface area contributed by atoms with Gasteiger partial charge in [0.2, 0.25) is 0 Å². The highest BCUT2D eigenvalue weighted by atomic mass is 19.1. The molecule has 4 heteroatoms. The summed E-state index contributed by atoms with van der Waals surface area (Å²) in [7, 11) is 0. The Kier molecular flexibility index (Phi) is 3.57. The van der Waals surface area contributed by atoms with Crippen molar-refractivity contribution in [1.82, 2.24) is 0 Å². The quantitative estimate of drug-likeness (QED) is 0.902. The van der Waals surface area contributed by atoms with Gasteiger partial charge in [0.1, 0.15) is 11.6 Å². The third kappa shape index (κ3) is 2.85. The van der Waals surface area contributed by atoms with Crippen molar-refractivity contribution in [2.24, 2.45) is 0 Å². The van der Waals surface area contributed by atoms with Gasteiger partial charge in [-0.1, -0.05) is 30.3 Å². The number of carboxylic acids is 1. The summed E-state index contributed by atoms with van der Waals surface area (Å²) >= 11 is 0. The van der Waals surface area contributed by atoms with Crippen LogP contribution in [0, 0.1) is 5.82 Å². The monoisotopic (exact) mass is 246 g/mol. The third-order valence-electron chi connectivity index (χ3n) is 2.40. The van der Waals surface area contributed by atoms with E-state index < -0.39 is 5.97 Å². The largest absolute Gasteiger partial charge is 0.482 e. The first-order valence-electron chi connectivity index (χ1n) is 5.36. The maximum absolute atomic E-state index is 13.5. The molecule has 92 valence electrons. The lowest BCUT2D eigenvalue weighted by atomic mass is 10.1. The minimum Gasteiger partial charge on any atom is -0.482 e. The molecule has 0 aromatic heterocycles. The number of benzene rings is 2. The smallest absolute Gasteiger partial charge is 0.341 e. The van der Waals surface area contributed by atoms with E-state index in [2.05, 4.69) is 0 Å². The summed E-state index contributed by atoms with van der Waals surface area (Å²) in [6, 6.07) is 13.1. The van der Waals surface area contributed by atoms with Crippen LogP contribution >= 0.6 is 0 Å². The molecule has 18 heavy (non-hydrogen) atoms. The fourth-order valence-electron chi connectivity index (χ4n) is 1.57. The molecule has 0 aliphatic carbocycles. The zero-order chi connectivity index (χ0) is 13.0. The molecule has 0 fully saturated rings. The first-order valence-corrected chi connectivity index (χ1v) is 5.36. The standard InChI is InChI=1S/C14H11FO3/c15-13-4-2-1-3-12(13)10-5-7-11(8-6-10)18-9-14(16)17/h1-8H,9H2,(H,16,17). The van der Waals surface area contributed by atoms with Gasteiger partial charge in [-0.25, -0.2) is 9.18 Å². The summed E-state index contributed by atoms with van der Waals surface area (Å²) in [5, 5.41) is 8.47. The van der Waals surface area contributed by atoms with Crippen LogP contribution < -0.4 is 4.74 Å². The first-order chi connectivity index (χ1) is 8.66. The Morgan fingerprint density at radius 3 is 2.39 bits per heavy atom. The number of hydrogen-bond donors (Lipinski definition) is 1. The Morgan fingerprint density at radius 2 is 1.78 bits per heavy atom. The van der Waals surface area contributed by atoms with Gasteiger partial charge in [-0.3, -0.25) is 0 Å². The van der Waals surface area contributed by atoms with Crippen molar-refractivity contribution in [1.29, 1.82) is 0 Å². The molecule has 0 unspecified atom stereocenters. The molecule has 0 atom stereocenters. The van der Waals surface area contributed by atoms with Crippen LogP contribution in [0.4, 0.5) is 4.39 Å². The molecular formula is C14H11FO3. The number of rotatable bonds is 4. The van der Waals surface area contributed by atoms with Gasteiger partial charge in [0.25, 0.3) is 0 Å². The van der Waals surface area contributed by atoms with Crippen LogP contribution in [0.1, 0.15) is 0 Å². The summed E-state index contributed by atoms with van der Waals surface area (Å²) in [6.07, 6.45) is 0. The first kappa shape index (κ1) is 12.1. The molecule has 1 N–H and O–H groups in total. The molecule has 2 aromatic carbocycles. The molecule has 0 radical (unpaired) electrons. The maximum Gasteiger partial charge on any atom is 0.341 e. The molecule has 2 rings (SSSR count). The van der Waals surface area contributed by atoms with Crippen molar-refractivity contribution in [2.45, 2.75) is 0 Å². The predicted octanol–water partition coefficient (Wildman–Crippen LogP) is 2.96. The fraction of sp³-hybridized carbons (Fsp3) is 0.0714. The predicted molar refractivity (Wildman–Crippen MR) is 65.0 cm³/mol. The van der Waals surface area contributed by atoms with Crippen LogP contribution in [0.15, 0.2) is 48.5 Å². The number of halogens is 1. The van der Waals surface area contributed by atoms with Crippen LogP contribution in [-0.2, 0) is 4.79 Å². The van der Waals surface area contributed by atoms with Crippen molar-refractivity contribution in [3.63, 3.8) is 0 Å². The minimum absolute atomic E-state index is 0.295. The van der Waals surface area contributed by atoms with E-state index in [1.807, 2.05) is 0 Å². The van der Waals surface area contributed by atoms with Gasteiger partial charge in [0, 0.05) is 5.56 Å². The normalized spacial score (nSPS) is 10.1. The number of ether oxygens (including phenoxy) is 1. The zero-order valence-electron chi connectivity index (χ0n) is 9.47. The van der Waals surface area contributed by atoms with Crippen molar-refractivity contribution in [2.75, 3.05) is 6.61 Å². The molecule has 0 saturated carbocycles. The van der Waals surface area contributed by atoms with Gasteiger partial charge in [-0.05, 0) is 23.8 Å². The van der Waals surface area contributed by atoms with Crippen LogP contribution in [0.3, 0.4) is 0 Å². The lowest BCUT2D eigenvalue weighted by Gasteiger charge is -2.06. The molecule has 0 aliphatic rings. The van der Waals surface area contributed by atoms with Crippen LogP contribution in [0.5, 0.6) is 5.75 Å². The van der Waals surface area contributed by atoms with E-state index in [1.54, 1.807) is 42.5 Å². The summed E-state index contributed by atoms with van der Waals surface area (Å²) in [6.45, 7) is -0.390. The Hall–Kier alpha value is -2.36. The lowest BCUT2D eigenvalue weighted by Crippen LogP contribution is -2.09. The summed E-state index contributed by atoms with van der Waals surface area (Å²) in [5.74, 6) is -0.887. The number of carboxylic acid groups (broad SMARTS) is 1. The second-order valence-corrected chi connectivity index (χ2v) is 3.69. The van der Waals surface area contributed by atoms with Crippen molar-refractivity contribution in [3.05, 3.63) is 54.3 Å². The van der Waals surface area contributed by atoms with E-state index >= 15 is 0 Å². The average Bonchev–Trinajstić information content (AvgIpc) is 2.38. The van der Waals surface area contributed by atoms with Gasteiger partial charge in [0.15, 0.2) is 6.61 Å². The van der Waals surface area contributed by atoms with Crippen molar-refractivity contribution < 1.29 is 19.0 Å². The summed E-state index contributed by atoms with van der Waals surface area (Å²) < 4.78 is 18.5. The third-order valence-corrected chi connectivity index (χ3v) is 2.40. The summed E-state index contributed by atoms with van der Waals surface area (Å²) in [4.78, 5) is 10.3. The highest BCUT2D eigenvalue weighted by Gasteiger charge is 2.04. The van der Waals surface area contributed by atoms with E-state index in [0.717, 1.165) is 5.56 Å². The maximum atomic E-state index is 13.5. The molecular weight excluding hydrogens is 235 g/mol. The molecule has 0 heterocycles. The fourth-order valence-corrected chi connectivity index (χ4v) is 1.57. The molecule has 0 aliphatic heterocycles. The van der Waals surface area contributed by atoms with Crippen LogP contribution in [0.2, 0.25) is 0 Å². The van der Waals surface area contributed by atoms with Gasteiger partial charge >= 0.3 is 5.97 Å². The molecule has 2 aromatic rings. The Balaban J connectivity index is 2.17. The topological polar surface area (TPSA) is 46.5 Å². The van der Waals surface area contributed by atoms with E-state index in [1.165, 1.54) is 6.07 Å². The number of aliphatic carboxylic acids is 1. The molecule has 3 nitrogen and oxygen atoms in total. The van der Waals surface area contributed by atoms with E-state index in [-0.39, 0.29) is 12.4 Å². The van der Waals surface area contributed by atoms with Crippen LogP contribution in [0.25, 0.3) is 11.1 Å². The highest BCUT2D eigenvalue weighted by molar-refractivity contribution is 5.68. The number of carbonyl (C=O) groups is 1. The van der Waals surface area contributed by atoms with Crippen molar-refractivity contribution in [3.8, 4) is 16.9 Å². The Morgan fingerprint density at radius 1 is 1.11 bits per heavy atom. The van der Waals surface area contributed by atoms with Gasteiger partial charge in [0.05, 0.1) is 0 Å². The van der Waals surface area contributed by atoms with Crippen LogP contribution in [-0.4, -0.2) is 17.7 Å². The van der Waals surface area contributed by atoms with E-state index in [9.17, 15) is 9.18 Å². The second-order valence-electron chi connectivity index (χ2n) is 3.69. The molecule has 0 bridgehead atoms. The lowest BCUT2D eigenvalue weighted by molar-refractivity contribution is -0.139. The van der Waals surface area contributed by atoms with Crippen molar-refractivity contribution >= 4 is 5.97 Å². The minimum atomic E-state index is -1.03. The number of hydrogen-bond acceptors (Lipinski definition) is 2. The Labute approximate surface area is 103 Å². The second kappa shape index (κ2) is 5.31. The molecule has 0 amide bonds. The summed E-state index contributed by atoms with van der Waals surface area (Å²) in [5.41, 5.74) is 1.22. The molecule has 0 spiro atoms. The molecule has 0 saturated heterocycles. The van der Waals surface area contributed by atoms with Gasteiger partial charge < -0.3 is 9.84 Å². The van der Waals surface area contributed by atoms with E-state index in [4.69, 9.17) is 9.84 Å². The Bertz CT molecular complexity index is 549. The van der Waals surface area contributed by atoms with E-state index in [0.29, 0.717) is 11.3 Å². The average molecular weight is 246 g/mol. The van der Waals surface area contributed by atoms with Gasteiger partial charge in [-0.15, -0.1) is 0 Å². The SMILES string of the molecule is O=C(O)COc1ccc(-c2ccccc2F)cc1. The highest BCUT2D eigenvalue weighted by Crippen LogP contribution is 2.24.